The van der Waals surface area contributed by atoms with Crippen LogP contribution >= 0.6 is 11.8 Å². The molecule has 1 aromatic heterocycles. The second-order valence-corrected chi connectivity index (χ2v) is 4.33. The minimum Gasteiger partial charge on any atom is -0.455 e. The van der Waals surface area contributed by atoms with Gasteiger partial charge in [-0.25, -0.2) is 0 Å². The van der Waals surface area contributed by atoms with E-state index in [1.54, 1.807) is 11.8 Å². The maximum absolute atomic E-state index is 5.61. The summed E-state index contributed by atoms with van der Waals surface area (Å²) in [5.41, 5.74) is 0. The Balaban J connectivity index is 2.44. The van der Waals surface area contributed by atoms with E-state index >= 15 is 0 Å². The molecule has 1 unspecified atom stereocenters. The highest BCUT2D eigenvalue weighted by Gasteiger charge is 2.06. The Morgan fingerprint density at radius 3 is 2.77 bits per heavy atom. The van der Waals surface area contributed by atoms with Crippen molar-refractivity contribution >= 4 is 11.8 Å². The number of thioether (sulfide) groups is 1. The molecule has 0 aromatic carbocycles. The molecule has 0 saturated heterocycles. The van der Waals surface area contributed by atoms with Gasteiger partial charge in [-0.15, -0.1) is 0 Å². The smallest absolute Gasteiger partial charge is 0.160 e. The van der Waals surface area contributed by atoms with Crippen LogP contribution in [-0.4, -0.2) is 6.26 Å². The Morgan fingerprint density at radius 2 is 2.23 bits per heavy atom. The summed E-state index contributed by atoms with van der Waals surface area (Å²) in [7, 11) is 0. The van der Waals surface area contributed by atoms with Crippen molar-refractivity contribution in [2.24, 2.45) is 5.92 Å². The van der Waals surface area contributed by atoms with Gasteiger partial charge in [0.25, 0.3) is 0 Å². The van der Waals surface area contributed by atoms with Gasteiger partial charge in [-0.05, 0) is 24.3 Å². The van der Waals surface area contributed by atoms with Gasteiger partial charge in [0, 0.05) is 6.42 Å². The van der Waals surface area contributed by atoms with Gasteiger partial charge in [0.1, 0.15) is 5.76 Å². The Kier molecular flexibility index (Phi) is 4.43. The minimum atomic E-state index is 0.742. The van der Waals surface area contributed by atoms with Crippen LogP contribution in [0.4, 0.5) is 0 Å². The summed E-state index contributed by atoms with van der Waals surface area (Å²) in [5, 5.41) is 1.03. The summed E-state index contributed by atoms with van der Waals surface area (Å²) < 4.78 is 5.61. The fourth-order valence-electron chi connectivity index (χ4n) is 1.52. The normalized spacial score (nSPS) is 13.2. The van der Waals surface area contributed by atoms with Crippen LogP contribution in [0.3, 0.4) is 0 Å². The number of furan rings is 1. The molecule has 0 aliphatic carbocycles. The zero-order valence-corrected chi connectivity index (χ0v) is 9.49. The maximum atomic E-state index is 5.61. The Morgan fingerprint density at radius 1 is 1.46 bits per heavy atom. The van der Waals surface area contributed by atoms with Crippen LogP contribution in [-0.2, 0) is 6.42 Å². The molecule has 0 aliphatic heterocycles. The highest BCUT2D eigenvalue weighted by Crippen LogP contribution is 2.21. The van der Waals surface area contributed by atoms with Gasteiger partial charge >= 0.3 is 0 Å². The summed E-state index contributed by atoms with van der Waals surface area (Å²) in [6, 6.07) is 4.15. The first kappa shape index (κ1) is 10.7. The van der Waals surface area contributed by atoms with E-state index in [-0.39, 0.29) is 0 Å². The van der Waals surface area contributed by atoms with Crippen molar-refractivity contribution in [1.82, 2.24) is 0 Å². The Labute approximate surface area is 84.9 Å². The predicted octanol–water partition coefficient (Wildman–Crippen LogP) is 3.98. The number of hydrogen-bond donors (Lipinski definition) is 0. The third-order valence-corrected chi connectivity index (χ3v) is 2.79. The average molecular weight is 198 g/mol. The lowest BCUT2D eigenvalue weighted by Crippen LogP contribution is -1.97. The van der Waals surface area contributed by atoms with E-state index in [0.29, 0.717) is 0 Å². The van der Waals surface area contributed by atoms with Crippen LogP contribution in [0.25, 0.3) is 0 Å². The fraction of sp³-hybridized carbons (Fsp3) is 0.636. The molecule has 0 N–H and O–H groups in total. The van der Waals surface area contributed by atoms with Crippen LogP contribution < -0.4 is 0 Å². The molecule has 0 fully saturated rings. The second-order valence-electron chi connectivity index (χ2n) is 3.52. The summed E-state index contributed by atoms with van der Waals surface area (Å²) in [5.74, 6) is 1.87. The lowest BCUT2D eigenvalue weighted by atomic mass is 10.0. The van der Waals surface area contributed by atoms with E-state index in [4.69, 9.17) is 4.42 Å². The van der Waals surface area contributed by atoms with Gasteiger partial charge in [-0.2, -0.15) is 0 Å². The number of hydrogen-bond acceptors (Lipinski definition) is 2. The minimum absolute atomic E-state index is 0.742. The molecule has 0 radical (unpaired) electrons. The van der Waals surface area contributed by atoms with Crippen LogP contribution in [0.5, 0.6) is 0 Å². The van der Waals surface area contributed by atoms with E-state index in [9.17, 15) is 0 Å². The van der Waals surface area contributed by atoms with Gasteiger partial charge in [0.05, 0.1) is 0 Å². The molecule has 0 bridgehead atoms. The van der Waals surface area contributed by atoms with Crippen molar-refractivity contribution in [2.45, 2.75) is 38.2 Å². The quantitative estimate of drug-likeness (QED) is 0.664. The van der Waals surface area contributed by atoms with Gasteiger partial charge in [0.15, 0.2) is 5.09 Å². The van der Waals surface area contributed by atoms with Gasteiger partial charge < -0.3 is 4.42 Å². The topological polar surface area (TPSA) is 13.1 Å². The van der Waals surface area contributed by atoms with E-state index in [1.165, 1.54) is 12.8 Å². The van der Waals surface area contributed by atoms with Crippen LogP contribution in [0, 0.1) is 5.92 Å². The van der Waals surface area contributed by atoms with Crippen molar-refractivity contribution in [3.8, 4) is 0 Å². The molecule has 0 amide bonds. The first-order chi connectivity index (χ1) is 6.26. The molecule has 1 aromatic rings. The highest BCUT2D eigenvalue weighted by molar-refractivity contribution is 7.98. The first-order valence-corrected chi connectivity index (χ1v) is 6.11. The molecule has 74 valence electrons. The molecule has 0 aliphatic rings. The molecule has 1 heterocycles. The van der Waals surface area contributed by atoms with Crippen molar-refractivity contribution in [3.05, 3.63) is 17.9 Å². The zero-order valence-electron chi connectivity index (χ0n) is 8.67. The molecule has 2 heteroatoms. The SMILES string of the molecule is CCCC(C)Cc1ccc(SC)o1. The summed E-state index contributed by atoms with van der Waals surface area (Å²) >= 11 is 1.66. The molecule has 0 saturated carbocycles. The van der Waals surface area contributed by atoms with Crippen molar-refractivity contribution in [2.75, 3.05) is 6.26 Å². The standard InChI is InChI=1S/C11H18OS/c1-4-5-9(2)8-10-6-7-11(12-10)13-3/h6-7,9H,4-5,8H2,1-3H3. The maximum Gasteiger partial charge on any atom is 0.160 e. The lowest BCUT2D eigenvalue weighted by Gasteiger charge is -2.06. The van der Waals surface area contributed by atoms with E-state index in [0.717, 1.165) is 23.2 Å². The zero-order chi connectivity index (χ0) is 9.68. The number of rotatable bonds is 5. The molecule has 1 nitrogen and oxygen atoms in total. The highest BCUT2D eigenvalue weighted by atomic mass is 32.2. The molecule has 1 rings (SSSR count). The van der Waals surface area contributed by atoms with E-state index in [2.05, 4.69) is 26.0 Å². The average Bonchev–Trinajstić information content (AvgIpc) is 2.52. The third-order valence-electron chi connectivity index (χ3n) is 2.17. The Hall–Kier alpha value is -0.370. The molecular weight excluding hydrogens is 180 g/mol. The van der Waals surface area contributed by atoms with Crippen LogP contribution in [0.2, 0.25) is 0 Å². The molecule has 13 heavy (non-hydrogen) atoms. The summed E-state index contributed by atoms with van der Waals surface area (Å²) in [6.07, 6.45) is 5.67. The second kappa shape index (κ2) is 5.38. The lowest BCUT2D eigenvalue weighted by molar-refractivity contribution is 0.394. The Bertz CT molecular complexity index is 242. The third kappa shape index (κ3) is 3.47. The fourth-order valence-corrected chi connectivity index (χ4v) is 1.91. The predicted molar refractivity (Wildman–Crippen MR) is 58.3 cm³/mol. The van der Waals surface area contributed by atoms with Gasteiger partial charge in [-0.3, -0.25) is 0 Å². The monoisotopic (exact) mass is 198 g/mol. The van der Waals surface area contributed by atoms with E-state index in [1.807, 2.05) is 6.26 Å². The first-order valence-electron chi connectivity index (χ1n) is 4.89. The molecular formula is C11H18OS. The van der Waals surface area contributed by atoms with E-state index < -0.39 is 0 Å². The van der Waals surface area contributed by atoms with Crippen LogP contribution in [0.1, 0.15) is 32.4 Å². The summed E-state index contributed by atoms with van der Waals surface area (Å²) in [6.45, 7) is 4.51. The van der Waals surface area contributed by atoms with Crippen molar-refractivity contribution < 1.29 is 4.42 Å². The van der Waals surface area contributed by atoms with Gasteiger partial charge in [0.2, 0.25) is 0 Å². The summed E-state index contributed by atoms with van der Waals surface area (Å²) in [4.78, 5) is 0. The molecule has 1 atom stereocenters. The molecule has 0 spiro atoms. The van der Waals surface area contributed by atoms with Crippen molar-refractivity contribution in [1.29, 1.82) is 0 Å². The van der Waals surface area contributed by atoms with Crippen LogP contribution in [0.15, 0.2) is 21.6 Å². The van der Waals surface area contributed by atoms with Gasteiger partial charge in [-0.1, -0.05) is 38.5 Å². The van der Waals surface area contributed by atoms with Crippen molar-refractivity contribution in [3.63, 3.8) is 0 Å². The largest absolute Gasteiger partial charge is 0.455 e.